The van der Waals surface area contributed by atoms with Crippen molar-refractivity contribution in [2.75, 3.05) is 13.7 Å². The van der Waals surface area contributed by atoms with Gasteiger partial charge in [-0.15, -0.1) is 0 Å². The quantitative estimate of drug-likeness (QED) is 0.319. The normalized spacial score (nSPS) is 20.6. The van der Waals surface area contributed by atoms with Gasteiger partial charge in [0.05, 0.1) is 25.2 Å². The van der Waals surface area contributed by atoms with Gasteiger partial charge in [0, 0.05) is 23.7 Å². The van der Waals surface area contributed by atoms with Gasteiger partial charge in [0.2, 0.25) is 0 Å². The number of benzene rings is 3. The number of esters is 1. The summed E-state index contributed by atoms with van der Waals surface area (Å²) >= 11 is 0. The Bertz CT molecular complexity index is 1410. The SMILES string of the molecule is CCOc1ccc([C@H]2C(C(=O)OCc3ccccc3)=C(C)N=C3C[C@H](c4ccccc4)CC(=O)C32)cc1OC. The van der Waals surface area contributed by atoms with E-state index in [0.717, 1.165) is 22.4 Å². The van der Waals surface area contributed by atoms with Crippen molar-refractivity contribution >= 4 is 17.5 Å². The number of ketones is 1. The zero-order valence-electron chi connectivity index (χ0n) is 22.6. The molecule has 0 N–H and O–H groups in total. The molecule has 0 aromatic heterocycles. The average Bonchev–Trinajstić information content (AvgIpc) is 2.96. The summed E-state index contributed by atoms with van der Waals surface area (Å²) in [7, 11) is 1.59. The van der Waals surface area contributed by atoms with Crippen molar-refractivity contribution in [3.05, 3.63) is 107 Å². The number of carbonyl (C=O) groups excluding carboxylic acids is 2. The summed E-state index contributed by atoms with van der Waals surface area (Å²) in [5.41, 5.74) is 4.63. The standard InChI is InChI=1S/C33H33NO5/c1-4-38-28-16-15-24(19-29(28)37-3)31-30(33(36)39-20-22-11-7-5-8-12-22)21(2)34-26-17-25(18-27(35)32(26)31)23-13-9-6-10-14-23/h5-16,19,25,31-32H,4,17-18,20H2,1-3H3/t25-,31-,32?/m0/s1. The molecule has 1 fully saturated rings. The third kappa shape index (κ3) is 5.51. The second kappa shape index (κ2) is 11.7. The molecule has 1 aliphatic carbocycles. The minimum absolute atomic E-state index is 0.0589. The first kappa shape index (κ1) is 26.4. The van der Waals surface area contributed by atoms with Gasteiger partial charge in [0.25, 0.3) is 0 Å². The van der Waals surface area contributed by atoms with E-state index >= 15 is 0 Å². The van der Waals surface area contributed by atoms with E-state index in [4.69, 9.17) is 19.2 Å². The number of hydrogen-bond acceptors (Lipinski definition) is 6. The lowest BCUT2D eigenvalue weighted by Crippen LogP contribution is -2.41. The van der Waals surface area contributed by atoms with Crippen molar-refractivity contribution in [2.45, 2.75) is 45.1 Å². The summed E-state index contributed by atoms with van der Waals surface area (Å²) in [6.45, 7) is 4.38. The van der Waals surface area contributed by atoms with Crippen molar-refractivity contribution in [1.82, 2.24) is 0 Å². The van der Waals surface area contributed by atoms with E-state index in [2.05, 4.69) is 12.1 Å². The third-order valence-corrected chi connectivity index (χ3v) is 7.50. The van der Waals surface area contributed by atoms with Gasteiger partial charge in [0.15, 0.2) is 11.5 Å². The van der Waals surface area contributed by atoms with Crippen LogP contribution >= 0.6 is 0 Å². The number of nitrogens with zero attached hydrogens (tertiary/aromatic N) is 1. The molecule has 1 saturated carbocycles. The summed E-state index contributed by atoms with van der Waals surface area (Å²) in [6.07, 6.45) is 1.05. The molecule has 1 heterocycles. The highest BCUT2D eigenvalue weighted by Crippen LogP contribution is 2.47. The first-order valence-corrected chi connectivity index (χ1v) is 13.4. The van der Waals surface area contributed by atoms with Gasteiger partial charge in [0.1, 0.15) is 12.4 Å². The fourth-order valence-corrected chi connectivity index (χ4v) is 5.72. The van der Waals surface area contributed by atoms with E-state index in [1.807, 2.05) is 80.6 Å². The van der Waals surface area contributed by atoms with Crippen LogP contribution in [-0.2, 0) is 20.9 Å². The molecule has 200 valence electrons. The Morgan fingerprint density at radius 1 is 0.897 bits per heavy atom. The van der Waals surface area contributed by atoms with Crippen molar-refractivity contribution in [3.8, 4) is 11.5 Å². The number of carbonyl (C=O) groups is 2. The van der Waals surface area contributed by atoms with Crippen LogP contribution in [0.3, 0.4) is 0 Å². The molecule has 6 heteroatoms. The Labute approximate surface area is 229 Å². The Hall–Kier alpha value is -4.19. The molecule has 0 radical (unpaired) electrons. The first-order chi connectivity index (χ1) is 19.0. The van der Waals surface area contributed by atoms with Gasteiger partial charge < -0.3 is 14.2 Å². The van der Waals surface area contributed by atoms with Crippen LogP contribution in [0.4, 0.5) is 0 Å². The van der Waals surface area contributed by atoms with Gasteiger partial charge in [-0.05, 0) is 55.0 Å². The maximum Gasteiger partial charge on any atom is 0.336 e. The van der Waals surface area contributed by atoms with Crippen molar-refractivity contribution in [3.63, 3.8) is 0 Å². The number of allylic oxidation sites excluding steroid dienone is 1. The van der Waals surface area contributed by atoms with Crippen LogP contribution in [0.25, 0.3) is 0 Å². The molecular formula is C33H33NO5. The fraction of sp³-hybridized carbons (Fsp3) is 0.303. The number of methoxy groups -OCH3 is 1. The summed E-state index contributed by atoms with van der Waals surface area (Å²) < 4.78 is 17.1. The van der Waals surface area contributed by atoms with Gasteiger partial charge in [-0.25, -0.2) is 4.79 Å². The van der Waals surface area contributed by atoms with Gasteiger partial charge in [-0.2, -0.15) is 0 Å². The second-order valence-electron chi connectivity index (χ2n) is 9.94. The number of hydrogen-bond donors (Lipinski definition) is 0. The van der Waals surface area contributed by atoms with E-state index in [1.165, 1.54) is 0 Å². The Morgan fingerprint density at radius 2 is 1.62 bits per heavy atom. The molecular weight excluding hydrogens is 490 g/mol. The lowest BCUT2D eigenvalue weighted by atomic mass is 9.66. The molecule has 39 heavy (non-hydrogen) atoms. The molecule has 0 amide bonds. The van der Waals surface area contributed by atoms with E-state index < -0.39 is 17.8 Å². The van der Waals surface area contributed by atoms with Crippen LogP contribution in [0, 0.1) is 5.92 Å². The average molecular weight is 524 g/mol. The monoisotopic (exact) mass is 523 g/mol. The minimum Gasteiger partial charge on any atom is -0.493 e. The molecule has 1 unspecified atom stereocenters. The van der Waals surface area contributed by atoms with E-state index in [9.17, 15) is 9.59 Å². The van der Waals surface area contributed by atoms with Gasteiger partial charge in [-0.3, -0.25) is 9.79 Å². The molecule has 0 saturated heterocycles. The largest absolute Gasteiger partial charge is 0.493 e. The number of rotatable bonds is 8. The first-order valence-electron chi connectivity index (χ1n) is 13.4. The molecule has 3 aromatic rings. The van der Waals surface area contributed by atoms with Gasteiger partial charge in [-0.1, -0.05) is 66.7 Å². The van der Waals surface area contributed by atoms with Crippen molar-refractivity contribution < 1.29 is 23.8 Å². The lowest BCUT2D eigenvalue weighted by Gasteiger charge is -2.38. The topological polar surface area (TPSA) is 74.2 Å². The molecule has 6 nitrogen and oxygen atoms in total. The number of aliphatic imine (C=N–C) groups is 1. The maximum atomic E-state index is 13.9. The van der Waals surface area contributed by atoms with E-state index in [-0.39, 0.29) is 18.3 Å². The molecule has 5 rings (SSSR count). The zero-order chi connectivity index (χ0) is 27.4. The van der Waals surface area contributed by atoms with E-state index in [1.54, 1.807) is 7.11 Å². The summed E-state index contributed by atoms with van der Waals surface area (Å²) in [6, 6.07) is 25.3. The summed E-state index contributed by atoms with van der Waals surface area (Å²) in [4.78, 5) is 32.4. The minimum atomic E-state index is -0.546. The predicted molar refractivity (Wildman–Crippen MR) is 150 cm³/mol. The Balaban J connectivity index is 1.55. The van der Waals surface area contributed by atoms with Crippen LogP contribution < -0.4 is 9.47 Å². The van der Waals surface area contributed by atoms with Crippen LogP contribution in [0.2, 0.25) is 0 Å². The number of ether oxygens (including phenoxy) is 3. The third-order valence-electron chi connectivity index (χ3n) is 7.50. The van der Waals surface area contributed by atoms with Gasteiger partial charge >= 0.3 is 5.97 Å². The van der Waals surface area contributed by atoms with Crippen molar-refractivity contribution in [2.24, 2.45) is 10.9 Å². The van der Waals surface area contributed by atoms with Crippen molar-refractivity contribution in [1.29, 1.82) is 0 Å². The van der Waals surface area contributed by atoms with Crippen LogP contribution in [0.1, 0.15) is 55.2 Å². The molecule has 3 atom stereocenters. The highest BCUT2D eigenvalue weighted by Gasteiger charge is 2.46. The number of fused-ring (bicyclic) bond motifs is 1. The van der Waals surface area contributed by atoms with E-state index in [0.29, 0.717) is 42.2 Å². The Kier molecular flexibility index (Phi) is 7.92. The highest BCUT2D eigenvalue weighted by molar-refractivity contribution is 6.12. The fourth-order valence-electron chi connectivity index (χ4n) is 5.72. The number of Topliss-reactive ketones (excluding diaryl/α,β-unsaturated/α-hetero) is 1. The predicted octanol–water partition coefficient (Wildman–Crippen LogP) is 6.41. The van der Waals surface area contributed by atoms with Crippen LogP contribution in [0.15, 0.2) is 95.1 Å². The molecule has 3 aromatic carbocycles. The lowest BCUT2D eigenvalue weighted by molar-refractivity contribution is -0.140. The summed E-state index contributed by atoms with van der Waals surface area (Å²) in [5.74, 6) is -0.240. The zero-order valence-corrected chi connectivity index (χ0v) is 22.6. The Morgan fingerprint density at radius 3 is 2.31 bits per heavy atom. The maximum absolute atomic E-state index is 13.9. The summed E-state index contributed by atoms with van der Waals surface area (Å²) in [5, 5.41) is 0. The molecule has 1 aliphatic heterocycles. The molecule has 2 aliphatic rings. The van der Waals surface area contributed by atoms with Crippen LogP contribution in [0.5, 0.6) is 11.5 Å². The second-order valence-corrected chi connectivity index (χ2v) is 9.94. The molecule has 0 spiro atoms. The molecule has 0 bridgehead atoms. The highest BCUT2D eigenvalue weighted by atomic mass is 16.5. The van der Waals surface area contributed by atoms with Crippen LogP contribution in [-0.4, -0.2) is 31.2 Å². The smallest absolute Gasteiger partial charge is 0.336 e.